The van der Waals surface area contributed by atoms with Gasteiger partial charge in [-0.3, -0.25) is 24.3 Å². The van der Waals surface area contributed by atoms with E-state index < -0.39 is 12.1 Å². The van der Waals surface area contributed by atoms with Crippen molar-refractivity contribution in [2.45, 2.75) is 25.9 Å². The Kier molecular flexibility index (Phi) is 7.09. The fourth-order valence-electron chi connectivity index (χ4n) is 4.66. The zero-order chi connectivity index (χ0) is 27.5. The van der Waals surface area contributed by atoms with Gasteiger partial charge in [0.25, 0.3) is 11.8 Å². The Balaban J connectivity index is 1.21. The van der Waals surface area contributed by atoms with Crippen LogP contribution < -0.4 is 10.6 Å². The third-order valence-corrected chi connectivity index (χ3v) is 6.75. The van der Waals surface area contributed by atoms with Gasteiger partial charge in [0.05, 0.1) is 11.4 Å². The minimum atomic E-state index is -0.606. The van der Waals surface area contributed by atoms with Gasteiger partial charge in [-0.05, 0) is 35.9 Å². The molecule has 1 aromatic heterocycles. The standard InChI is InChI=1S/C29H28N6O4/c1-18(36)34-15-3-5-26(34)28(38)30-22-11-7-20(8-12-22)24-17-25(33-32-24)21-9-13-23(14-10-21)31-29(39)27-6-4-16-35(27)19(2)37/h3-14,17,26-27H,15-16H2,1-2H3,(H,30,38)(H,31,39)(H,32,33)/t26-,27-/m0/s1. The molecular weight excluding hydrogens is 496 g/mol. The molecule has 0 fully saturated rings. The molecule has 2 atom stereocenters. The molecule has 4 amide bonds. The lowest BCUT2D eigenvalue weighted by Crippen LogP contribution is -2.42. The number of H-pyrrole nitrogens is 1. The number of hydrogen-bond donors (Lipinski definition) is 3. The molecule has 39 heavy (non-hydrogen) atoms. The van der Waals surface area contributed by atoms with E-state index in [1.807, 2.05) is 42.5 Å². The van der Waals surface area contributed by atoms with E-state index in [1.165, 1.54) is 23.6 Å². The average Bonchev–Trinajstić information content (AvgIpc) is 3.70. The molecule has 0 unspecified atom stereocenters. The zero-order valence-corrected chi connectivity index (χ0v) is 21.5. The average molecular weight is 525 g/mol. The van der Waals surface area contributed by atoms with E-state index in [1.54, 1.807) is 36.4 Å². The predicted molar refractivity (Wildman–Crippen MR) is 147 cm³/mol. The monoisotopic (exact) mass is 524 g/mol. The maximum absolute atomic E-state index is 12.6. The molecule has 3 aromatic rings. The molecule has 2 aliphatic heterocycles. The number of nitrogens with one attached hydrogen (secondary N) is 3. The molecule has 0 spiro atoms. The van der Waals surface area contributed by atoms with Crippen LogP contribution in [0.2, 0.25) is 0 Å². The minimum absolute atomic E-state index is 0.146. The normalized spacial score (nSPS) is 17.9. The summed E-state index contributed by atoms with van der Waals surface area (Å²) < 4.78 is 0. The highest BCUT2D eigenvalue weighted by Crippen LogP contribution is 2.26. The van der Waals surface area contributed by atoms with E-state index in [4.69, 9.17) is 0 Å². The molecule has 0 radical (unpaired) electrons. The first-order valence-electron chi connectivity index (χ1n) is 12.6. The smallest absolute Gasteiger partial charge is 0.251 e. The van der Waals surface area contributed by atoms with Crippen LogP contribution in [0.3, 0.4) is 0 Å². The number of aromatic amines is 1. The molecule has 2 aromatic carbocycles. The maximum Gasteiger partial charge on any atom is 0.251 e. The quantitative estimate of drug-likeness (QED) is 0.427. The molecule has 3 N–H and O–H groups in total. The molecule has 0 bridgehead atoms. The Bertz CT molecular complexity index is 1360. The predicted octanol–water partition coefficient (Wildman–Crippen LogP) is 3.19. The lowest BCUT2D eigenvalue weighted by Gasteiger charge is -2.22. The van der Waals surface area contributed by atoms with Crippen LogP contribution in [0.4, 0.5) is 11.4 Å². The number of carbonyl (C=O) groups excluding carboxylic acids is 4. The highest BCUT2D eigenvalue weighted by Gasteiger charge is 2.29. The molecule has 2 aliphatic rings. The molecule has 10 nitrogen and oxygen atoms in total. The fourth-order valence-corrected chi connectivity index (χ4v) is 4.66. The van der Waals surface area contributed by atoms with Gasteiger partial charge in [0, 0.05) is 43.9 Å². The molecule has 198 valence electrons. The topological polar surface area (TPSA) is 127 Å². The van der Waals surface area contributed by atoms with E-state index in [0.29, 0.717) is 24.5 Å². The third kappa shape index (κ3) is 5.49. The van der Waals surface area contributed by atoms with Gasteiger partial charge >= 0.3 is 0 Å². The number of rotatable bonds is 6. The van der Waals surface area contributed by atoms with Gasteiger partial charge < -0.3 is 20.4 Å². The second-order valence-corrected chi connectivity index (χ2v) is 9.39. The summed E-state index contributed by atoms with van der Waals surface area (Å²) in [6, 6.07) is 15.4. The summed E-state index contributed by atoms with van der Waals surface area (Å²) >= 11 is 0. The van der Waals surface area contributed by atoms with E-state index in [2.05, 4.69) is 20.8 Å². The van der Waals surface area contributed by atoms with Crippen molar-refractivity contribution in [2.75, 3.05) is 23.7 Å². The lowest BCUT2D eigenvalue weighted by atomic mass is 10.1. The van der Waals surface area contributed by atoms with E-state index in [9.17, 15) is 19.2 Å². The van der Waals surface area contributed by atoms with E-state index in [-0.39, 0.29) is 23.6 Å². The van der Waals surface area contributed by atoms with Gasteiger partial charge in [-0.25, -0.2) is 0 Å². The summed E-state index contributed by atoms with van der Waals surface area (Å²) in [6.07, 6.45) is 7.08. The SMILES string of the molecule is CC(=O)N1CC=C[C@H]1C(=O)Nc1ccc(-c2cc(-c3ccc(NC(=O)[C@@H]4C=CCN4C(C)=O)cc3)[nH]n2)cc1. The van der Waals surface area contributed by atoms with Crippen molar-refractivity contribution in [3.05, 3.63) is 78.9 Å². The Labute approximate surface area is 225 Å². The van der Waals surface area contributed by atoms with Gasteiger partial charge in [-0.2, -0.15) is 5.10 Å². The molecule has 0 aliphatic carbocycles. The molecule has 0 saturated carbocycles. The minimum Gasteiger partial charge on any atom is -0.324 e. The second-order valence-electron chi connectivity index (χ2n) is 9.39. The van der Waals surface area contributed by atoms with Crippen molar-refractivity contribution < 1.29 is 19.2 Å². The van der Waals surface area contributed by atoms with Crippen LogP contribution in [0.15, 0.2) is 78.9 Å². The van der Waals surface area contributed by atoms with Gasteiger partial charge in [0.15, 0.2) is 0 Å². The van der Waals surface area contributed by atoms with Crippen LogP contribution in [0.25, 0.3) is 22.5 Å². The van der Waals surface area contributed by atoms with Crippen LogP contribution in [0.1, 0.15) is 13.8 Å². The number of hydrogen-bond acceptors (Lipinski definition) is 5. The fraction of sp³-hybridized carbons (Fsp3) is 0.207. The molecule has 10 heteroatoms. The maximum atomic E-state index is 12.6. The first kappa shape index (κ1) is 25.7. The van der Waals surface area contributed by atoms with Crippen LogP contribution in [-0.4, -0.2) is 68.8 Å². The van der Waals surface area contributed by atoms with Crippen LogP contribution in [0.5, 0.6) is 0 Å². The molecule has 3 heterocycles. The summed E-state index contributed by atoms with van der Waals surface area (Å²) in [7, 11) is 0. The number of carbonyl (C=O) groups is 4. The zero-order valence-electron chi connectivity index (χ0n) is 21.5. The first-order valence-corrected chi connectivity index (χ1v) is 12.6. The number of nitrogens with zero attached hydrogens (tertiary/aromatic N) is 3. The van der Waals surface area contributed by atoms with Crippen molar-refractivity contribution >= 4 is 35.0 Å². The summed E-state index contributed by atoms with van der Waals surface area (Å²) in [6.45, 7) is 3.77. The molecule has 5 rings (SSSR count). The number of anilines is 2. The summed E-state index contributed by atoms with van der Waals surface area (Å²) in [5.74, 6) is -0.811. The Morgan fingerprint density at radius 3 is 1.67 bits per heavy atom. The number of aromatic nitrogens is 2. The summed E-state index contributed by atoms with van der Waals surface area (Å²) in [5.41, 5.74) is 4.55. The Hall–Kier alpha value is -4.99. The third-order valence-electron chi connectivity index (χ3n) is 6.75. The summed E-state index contributed by atoms with van der Waals surface area (Å²) in [4.78, 5) is 51.7. The molecule has 0 saturated heterocycles. The second kappa shape index (κ2) is 10.8. The van der Waals surface area contributed by atoms with Crippen LogP contribution in [0, 0.1) is 0 Å². The van der Waals surface area contributed by atoms with E-state index >= 15 is 0 Å². The highest BCUT2D eigenvalue weighted by atomic mass is 16.2. The highest BCUT2D eigenvalue weighted by molar-refractivity contribution is 5.99. The lowest BCUT2D eigenvalue weighted by molar-refractivity contribution is -0.134. The van der Waals surface area contributed by atoms with Gasteiger partial charge in [0.1, 0.15) is 12.1 Å². The van der Waals surface area contributed by atoms with Crippen LogP contribution >= 0.6 is 0 Å². The van der Waals surface area contributed by atoms with Crippen molar-refractivity contribution in [3.8, 4) is 22.5 Å². The Morgan fingerprint density at radius 2 is 1.21 bits per heavy atom. The van der Waals surface area contributed by atoms with Crippen molar-refractivity contribution in [1.29, 1.82) is 0 Å². The van der Waals surface area contributed by atoms with Crippen molar-refractivity contribution in [2.24, 2.45) is 0 Å². The van der Waals surface area contributed by atoms with Crippen molar-refractivity contribution in [1.82, 2.24) is 20.0 Å². The van der Waals surface area contributed by atoms with Gasteiger partial charge in [-0.15, -0.1) is 0 Å². The van der Waals surface area contributed by atoms with E-state index in [0.717, 1.165) is 22.5 Å². The van der Waals surface area contributed by atoms with Crippen LogP contribution in [-0.2, 0) is 19.2 Å². The number of amides is 4. The van der Waals surface area contributed by atoms with Gasteiger partial charge in [0.2, 0.25) is 11.8 Å². The first-order chi connectivity index (χ1) is 18.8. The summed E-state index contributed by atoms with van der Waals surface area (Å²) in [5, 5.41) is 13.2. The van der Waals surface area contributed by atoms with Crippen molar-refractivity contribution in [3.63, 3.8) is 0 Å². The Morgan fingerprint density at radius 1 is 0.744 bits per heavy atom. The number of benzene rings is 2. The molecular formula is C29H28N6O4. The largest absolute Gasteiger partial charge is 0.324 e. The van der Waals surface area contributed by atoms with Gasteiger partial charge in [-0.1, -0.05) is 48.6 Å².